The quantitative estimate of drug-likeness (QED) is 0.194. The molecular formula is C31H50N5O7PS. The summed E-state index contributed by atoms with van der Waals surface area (Å²) in [7, 11) is -1.68. The van der Waals surface area contributed by atoms with Crippen molar-refractivity contribution in [3.05, 3.63) is 36.0 Å². The third kappa shape index (κ3) is 12.8. The van der Waals surface area contributed by atoms with Gasteiger partial charge < -0.3 is 34.6 Å². The van der Waals surface area contributed by atoms with E-state index in [4.69, 9.17) is 19.1 Å². The fourth-order valence-corrected chi connectivity index (χ4v) is 7.35. The van der Waals surface area contributed by atoms with Gasteiger partial charge in [0, 0.05) is 51.8 Å². The summed E-state index contributed by atoms with van der Waals surface area (Å²) in [5.41, 5.74) is 1.15. The number of benzene rings is 1. The lowest BCUT2D eigenvalue weighted by Gasteiger charge is -2.32. The molecule has 12 nitrogen and oxygen atoms in total. The number of nitrogens with zero attached hydrogens (tertiary/aromatic N) is 3. The summed E-state index contributed by atoms with van der Waals surface area (Å²) in [6, 6.07) is 8.61. The van der Waals surface area contributed by atoms with Gasteiger partial charge in [0.15, 0.2) is 5.69 Å². The fraction of sp³-hybridized carbons (Fsp3) is 0.613. The van der Waals surface area contributed by atoms with Gasteiger partial charge in [-0.2, -0.15) is 0 Å². The molecule has 3 rings (SSSR count). The molecule has 1 aromatic carbocycles. The van der Waals surface area contributed by atoms with E-state index in [1.165, 1.54) is 11.3 Å². The van der Waals surface area contributed by atoms with Gasteiger partial charge in [-0.05, 0) is 26.7 Å². The van der Waals surface area contributed by atoms with Crippen molar-refractivity contribution in [2.24, 2.45) is 0 Å². The lowest BCUT2D eigenvalue weighted by atomic mass is 10.2. The number of rotatable bonds is 17. The van der Waals surface area contributed by atoms with E-state index >= 15 is 0 Å². The molecule has 0 radical (unpaired) electrons. The highest BCUT2D eigenvalue weighted by Gasteiger charge is 2.37. The van der Waals surface area contributed by atoms with E-state index in [0.29, 0.717) is 37.6 Å². The molecule has 14 heteroatoms. The molecule has 45 heavy (non-hydrogen) atoms. The first-order chi connectivity index (χ1) is 21.6. The molecule has 252 valence electrons. The predicted molar refractivity (Wildman–Crippen MR) is 179 cm³/mol. The number of hydrogen-bond acceptors (Lipinski definition) is 10. The number of piperazine rings is 1. The number of hydrogen-bond donors (Lipinski definition) is 3. The Hall–Kier alpha value is -2.83. The molecule has 1 fully saturated rings. The zero-order valence-electron chi connectivity index (χ0n) is 27.3. The van der Waals surface area contributed by atoms with Crippen LogP contribution < -0.4 is 15.5 Å². The van der Waals surface area contributed by atoms with Gasteiger partial charge >= 0.3 is 13.6 Å². The number of carbonyl (C=O) groups excluding carboxylic acids is 2. The van der Waals surface area contributed by atoms with Crippen LogP contribution in [0.1, 0.15) is 70.3 Å². The topological polar surface area (TPSA) is 150 Å². The van der Waals surface area contributed by atoms with Gasteiger partial charge in [0.25, 0.3) is 5.91 Å². The second-order valence-corrected chi connectivity index (χ2v) is 13.6. The van der Waals surface area contributed by atoms with Crippen LogP contribution in [0, 0.1) is 0 Å². The molecule has 2 heterocycles. The molecule has 2 amide bonds. The number of aromatic nitrogens is 1. The first-order valence-corrected chi connectivity index (χ1v) is 18.3. The predicted octanol–water partition coefficient (Wildman–Crippen LogP) is 5.10. The maximum absolute atomic E-state index is 13.7. The maximum Gasteiger partial charge on any atom is 0.333 e. The first-order valence-electron chi connectivity index (χ1n) is 15.8. The summed E-state index contributed by atoms with van der Waals surface area (Å²) >= 11 is 1.44. The number of nitrogens with one attached hydrogen (secondary N) is 2. The highest BCUT2D eigenvalue weighted by atomic mass is 32.1. The number of aliphatic carboxylic acids is 1. The molecule has 1 unspecified atom stereocenters. The average molecular weight is 668 g/mol. The molecule has 1 aliphatic rings. The summed E-state index contributed by atoms with van der Waals surface area (Å²) in [6.45, 7) is 10.9. The number of thiazole rings is 1. The second-order valence-electron chi connectivity index (χ2n) is 10.5. The summed E-state index contributed by atoms with van der Waals surface area (Å²) < 4.78 is 24.4. The van der Waals surface area contributed by atoms with Gasteiger partial charge in [-0.25, -0.2) is 4.98 Å². The minimum atomic E-state index is -3.62. The third-order valence-corrected chi connectivity index (χ3v) is 10.2. The molecule has 0 aliphatic carbocycles. The molecule has 3 N–H and O–H groups in total. The second kappa shape index (κ2) is 20.3. The van der Waals surface area contributed by atoms with Crippen LogP contribution in [0.25, 0.3) is 10.6 Å². The minimum absolute atomic E-state index is 0.165. The average Bonchev–Trinajstić information content (AvgIpc) is 3.49. The lowest BCUT2D eigenvalue weighted by molar-refractivity contribution is -0.137. The molecule has 1 atom stereocenters. The largest absolute Gasteiger partial charge is 0.481 e. The number of amides is 2. The van der Waals surface area contributed by atoms with Crippen LogP contribution >= 0.6 is 18.9 Å². The number of carboxylic acids is 1. The van der Waals surface area contributed by atoms with Crippen molar-refractivity contribution >= 4 is 41.7 Å². The highest BCUT2D eigenvalue weighted by Crippen LogP contribution is 2.48. The summed E-state index contributed by atoms with van der Waals surface area (Å²) in [4.78, 5) is 45.5. The van der Waals surface area contributed by atoms with Gasteiger partial charge in [0.1, 0.15) is 16.1 Å². The van der Waals surface area contributed by atoms with E-state index < -0.39 is 25.5 Å². The van der Waals surface area contributed by atoms with Crippen molar-refractivity contribution in [2.75, 3.05) is 64.0 Å². The van der Waals surface area contributed by atoms with Crippen molar-refractivity contribution in [3.63, 3.8) is 0 Å². The third-order valence-electron chi connectivity index (χ3n) is 6.87. The molecular weight excluding hydrogens is 617 g/mol. The van der Waals surface area contributed by atoms with Crippen molar-refractivity contribution in [3.8, 4) is 10.6 Å². The Morgan fingerprint density at radius 3 is 2.22 bits per heavy atom. The van der Waals surface area contributed by atoms with Crippen LogP contribution in [0.3, 0.4) is 0 Å². The van der Waals surface area contributed by atoms with E-state index in [-0.39, 0.29) is 31.0 Å². The van der Waals surface area contributed by atoms with Gasteiger partial charge in [0.2, 0.25) is 5.91 Å². The summed E-state index contributed by atoms with van der Waals surface area (Å²) in [6.07, 6.45) is 3.81. The number of carbonyl (C=O) groups is 3. The van der Waals surface area contributed by atoms with Crippen molar-refractivity contribution in [1.29, 1.82) is 0 Å². The molecule has 1 saturated heterocycles. The first kappa shape index (κ1) is 38.4. The maximum atomic E-state index is 13.7. The van der Waals surface area contributed by atoms with E-state index in [9.17, 15) is 18.9 Å². The van der Waals surface area contributed by atoms with Crippen LogP contribution in [0.5, 0.6) is 0 Å². The van der Waals surface area contributed by atoms with Crippen LogP contribution in [-0.4, -0.2) is 98.0 Å². The standard InChI is InChI=1S/C26H40N5O5PS.C5H10O2/c1-5-8-16-30(4)26-22(29-24(38-26)20-12-10-9-11-13-20)23(32)28-21(19-37(34,35-6-2)36-7-3)25(33)31-17-14-27-15-18-31;1-2-3-4-5(6)7/h9-13,21,27H,5-8,14-19H2,1-4H3,(H,28,32);2-4H2,1H3,(H,6,7). The van der Waals surface area contributed by atoms with Gasteiger partial charge in [-0.1, -0.05) is 68.4 Å². The Morgan fingerprint density at radius 1 is 1.07 bits per heavy atom. The number of carboxylic acid groups (broad SMARTS) is 1. The molecule has 1 aromatic heterocycles. The Labute approximate surface area is 271 Å². The molecule has 0 bridgehead atoms. The Kier molecular flexibility index (Phi) is 17.3. The highest BCUT2D eigenvalue weighted by molar-refractivity contribution is 7.54. The molecule has 2 aromatic rings. The van der Waals surface area contributed by atoms with E-state index in [1.807, 2.05) is 49.2 Å². The van der Waals surface area contributed by atoms with Crippen molar-refractivity contribution < 1.29 is 33.1 Å². The molecule has 0 spiro atoms. The Balaban J connectivity index is 0.000000900. The van der Waals surface area contributed by atoms with Crippen molar-refractivity contribution in [2.45, 2.75) is 65.8 Å². The SMILES string of the molecule is CCCCC(=O)O.CCCCN(C)c1sc(-c2ccccc2)nc1C(=O)NC(CP(=O)(OCC)OCC)C(=O)N1CCNCC1. The van der Waals surface area contributed by atoms with Crippen LogP contribution in [0.15, 0.2) is 30.3 Å². The molecule has 1 aliphatic heterocycles. The zero-order valence-corrected chi connectivity index (χ0v) is 29.0. The summed E-state index contributed by atoms with van der Waals surface area (Å²) in [5.74, 6) is -1.49. The van der Waals surface area contributed by atoms with E-state index in [1.54, 1.807) is 18.7 Å². The molecule has 0 saturated carbocycles. The number of unbranched alkanes of at least 4 members (excludes halogenated alkanes) is 2. The van der Waals surface area contributed by atoms with Crippen LogP contribution in [0.4, 0.5) is 5.00 Å². The monoisotopic (exact) mass is 667 g/mol. The van der Waals surface area contributed by atoms with Gasteiger partial charge in [0.05, 0.1) is 19.4 Å². The van der Waals surface area contributed by atoms with E-state index in [0.717, 1.165) is 42.8 Å². The van der Waals surface area contributed by atoms with Crippen LogP contribution in [-0.2, 0) is 23.2 Å². The lowest BCUT2D eigenvalue weighted by Crippen LogP contribution is -2.55. The van der Waals surface area contributed by atoms with E-state index in [2.05, 4.69) is 17.6 Å². The number of anilines is 1. The minimum Gasteiger partial charge on any atom is -0.481 e. The summed E-state index contributed by atoms with van der Waals surface area (Å²) in [5, 5.41) is 15.6. The normalized spacial score (nSPS) is 13.8. The Bertz CT molecular complexity index is 1230. The fourth-order valence-electron chi connectivity index (χ4n) is 4.53. The van der Waals surface area contributed by atoms with Crippen LogP contribution in [0.2, 0.25) is 0 Å². The zero-order chi connectivity index (χ0) is 33.2. The Morgan fingerprint density at radius 2 is 1.69 bits per heavy atom. The van der Waals surface area contributed by atoms with Gasteiger partial charge in [-0.15, -0.1) is 0 Å². The smallest absolute Gasteiger partial charge is 0.333 e. The van der Waals surface area contributed by atoms with Crippen molar-refractivity contribution in [1.82, 2.24) is 20.5 Å². The van der Waals surface area contributed by atoms with Gasteiger partial charge in [-0.3, -0.25) is 18.9 Å².